The normalized spacial score (nSPS) is 10.4. The molecule has 0 saturated carbocycles. The molecule has 0 fully saturated rings. The van der Waals surface area contributed by atoms with Crippen molar-refractivity contribution in [1.29, 1.82) is 0 Å². The van der Waals surface area contributed by atoms with Crippen molar-refractivity contribution >= 4 is 34.6 Å². The zero-order chi connectivity index (χ0) is 13.1. The minimum Gasteiger partial charge on any atom is -0.397 e. The Morgan fingerprint density at radius 3 is 2.67 bits per heavy atom. The number of benzene rings is 2. The smallest absolute Gasteiger partial charge is 0.143 e. The fraction of sp³-hybridized carbons (Fsp3) is 0.0769. The van der Waals surface area contributed by atoms with Crippen LogP contribution >= 0.6 is 23.2 Å². The fourth-order valence-electron chi connectivity index (χ4n) is 1.56. The monoisotopic (exact) mass is 284 g/mol. The second kappa shape index (κ2) is 5.46. The van der Waals surface area contributed by atoms with Crippen LogP contribution in [0, 0.1) is 5.82 Å². The van der Waals surface area contributed by atoms with Gasteiger partial charge >= 0.3 is 0 Å². The molecule has 0 spiro atoms. The van der Waals surface area contributed by atoms with E-state index in [4.69, 9.17) is 28.9 Å². The second-order valence-electron chi connectivity index (χ2n) is 3.84. The molecule has 0 heterocycles. The lowest BCUT2D eigenvalue weighted by atomic mass is 10.2. The number of anilines is 2. The maximum absolute atomic E-state index is 13.3. The first kappa shape index (κ1) is 13.0. The van der Waals surface area contributed by atoms with E-state index in [-0.39, 0.29) is 5.02 Å². The third-order valence-corrected chi connectivity index (χ3v) is 2.99. The second-order valence-corrected chi connectivity index (χ2v) is 4.68. The first-order chi connectivity index (χ1) is 8.56. The fourth-order valence-corrected chi connectivity index (χ4v) is 1.94. The predicted octanol–water partition coefficient (Wildman–Crippen LogP) is 4.33. The summed E-state index contributed by atoms with van der Waals surface area (Å²) in [5.74, 6) is -0.500. The number of halogens is 3. The molecule has 94 valence electrons. The Labute approximate surface area is 115 Å². The molecule has 3 N–H and O–H groups in total. The van der Waals surface area contributed by atoms with Crippen molar-refractivity contribution in [3.05, 3.63) is 57.8 Å². The Morgan fingerprint density at radius 1 is 1.17 bits per heavy atom. The molecule has 18 heavy (non-hydrogen) atoms. The Morgan fingerprint density at radius 2 is 1.94 bits per heavy atom. The largest absolute Gasteiger partial charge is 0.397 e. The molecule has 2 aromatic carbocycles. The van der Waals surface area contributed by atoms with Gasteiger partial charge in [-0.2, -0.15) is 0 Å². The summed E-state index contributed by atoms with van der Waals surface area (Å²) in [6.45, 7) is 0.506. The lowest BCUT2D eigenvalue weighted by molar-refractivity contribution is 0.629. The maximum atomic E-state index is 13.3. The Balaban J connectivity index is 2.13. The van der Waals surface area contributed by atoms with Crippen molar-refractivity contribution in [1.82, 2.24) is 0 Å². The summed E-state index contributed by atoms with van der Waals surface area (Å²) >= 11 is 11.5. The van der Waals surface area contributed by atoms with Crippen LogP contribution in [0.25, 0.3) is 0 Å². The van der Waals surface area contributed by atoms with Gasteiger partial charge in [0.2, 0.25) is 0 Å². The van der Waals surface area contributed by atoms with Crippen molar-refractivity contribution < 1.29 is 4.39 Å². The van der Waals surface area contributed by atoms with E-state index in [1.807, 2.05) is 18.2 Å². The summed E-state index contributed by atoms with van der Waals surface area (Å²) < 4.78 is 13.3. The minimum absolute atomic E-state index is 0.0146. The summed E-state index contributed by atoms with van der Waals surface area (Å²) in [4.78, 5) is 0. The Bertz CT molecular complexity index is 573. The third-order valence-electron chi connectivity index (χ3n) is 2.46. The average molecular weight is 285 g/mol. The van der Waals surface area contributed by atoms with Crippen LogP contribution < -0.4 is 11.1 Å². The molecule has 0 aliphatic rings. The van der Waals surface area contributed by atoms with Gasteiger partial charge in [-0.1, -0.05) is 35.3 Å². The van der Waals surface area contributed by atoms with E-state index < -0.39 is 5.82 Å². The molecular weight excluding hydrogens is 274 g/mol. The summed E-state index contributed by atoms with van der Waals surface area (Å²) in [7, 11) is 0. The van der Waals surface area contributed by atoms with Gasteiger partial charge in [0, 0.05) is 17.6 Å². The van der Waals surface area contributed by atoms with Crippen LogP contribution in [-0.2, 0) is 6.54 Å². The summed E-state index contributed by atoms with van der Waals surface area (Å²) in [6.07, 6.45) is 0. The quantitative estimate of drug-likeness (QED) is 0.824. The lowest BCUT2D eigenvalue weighted by Gasteiger charge is -2.10. The van der Waals surface area contributed by atoms with Gasteiger partial charge in [0.25, 0.3) is 0 Å². The van der Waals surface area contributed by atoms with Crippen LogP contribution in [0.15, 0.2) is 36.4 Å². The zero-order valence-corrected chi connectivity index (χ0v) is 10.9. The van der Waals surface area contributed by atoms with Crippen molar-refractivity contribution in [2.24, 2.45) is 0 Å². The lowest BCUT2D eigenvalue weighted by Crippen LogP contribution is -2.03. The van der Waals surface area contributed by atoms with Crippen LogP contribution in [0.5, 0.6) is 0 Å². The van der Waals surface area contributed by atoms with Crippen LogP contribution in [-0.4, -0.2) is 0 Å². The van der Waals surface area contributed by atoms with Gasteiger partial charge < -0.3 is 11.1 Å². The van der Waals surface area contributed by atoms with Gasteiger partial charge in [0.15, 0.2) is 0 Å². The molecule has 0 bridgehead atoms. The zero-order valence-electron chi connectivity index (χ0n) is 9.38. The molecule has 2 nitrogen and oxygen atoms in total. The summed E-state index contributed by atoms with van der Waals surface area (Å²) in [5, 5.41) is 3.71. The molecule has 0 radical (unpaired) electrons. The molecule has 2 rings (SSSR count). The predicted molar refractivity (Wildman–Crippen MR) is 74.6 cm³/mol. The molecule has 0 aliphatic heterocycles. The highest BCUT2D eigenvalue weighted by atomic mass is 35.5. The van der Waals surface area contributed by atoms with E-state index in [0.29, 0.717) is 22.9 Å². The van der Waals surface area contributed by atoms with Gasteiger partial charge in [-0.05, 0) is 23.8 Å². The van der Waals surface area contributed by atoms with Gasteiger partial charge in [0.1, 0.15) is 5.82 Å². The third kappa shape index (κ3) is 3.06. The van der Waals surface area contributed by atoms with E-state index >= 15 is 0 Å². The molecule has 0 saturated heterocycles. The topological polar surface area (TPSA) is 38.0 Å². The van der Waals surface area contributed by atoms with Crippen molar-refractivity contribution in [2.45, 2.75) is 6.54 Å². The van der Waals surface area contributed by atoms with Crippen molar-refractivity contribution in [3.63, 3.8) is 0 Å². The van der Waals surface area contributed by atoms with E-state index in [2.05, 4.69) is 5.32 Å². The van der Waals surface area contributed by atoms with Crippen LogP contribution in [0.3, 0.4) is 0 Å². The Hall–Kier alpha value is -1.45. The Kier molecular flexibility index (Phi) is 3.94. The van der Waals surface area contributed by atoms with E-state index in [1.54, 1.807) is 6.07 Å². The molecule has 0 atom stereocenters. The molecule has 5 heteroatoms. The van der Waals surface area contributed by atoms with E-state index in [1.165, 1.54) is 12.1 Å². The van der Waals surface area contributed by atoms with Crippen molar-refractivity contribution in [3.8, 4) is 0 Å². The number of nitrogens with one attached hydrogen (secondary N) is 1. The molecule has 0 amide bonds. The number of nitrogen functional groups attached to an aromatic ring is 1. The van der Waals surface area contributed by atoms with Crippen molar-refractivity contribution in [2.75, 3.05) is 11.1 Å². The van der Waals surface area contributed by atoms with Gasteiger partial charge in [-0.3, -0.25) is 0 Å². The number of rotatable bonds is 3. The standard InChI is InChI=1S/C13H11Cl2FN2/c14-9-3-1-2-8(4-9)7-18-13-6-11(16)10(15)5-12(13)17/h1-6,18H,7,17H2. The maximum Gasteiger partial charge on any atom is 0.143 e. The molecule has 0 unspecified atom stereocenters. The van der Waals surface area contributed by atoms with Crippen LogP contribution in [0.4, 0.5) is 15.8 Å². The molecular formula is C13H11Cl2FN2. The van der Waals surface area contributed by atoms with E-state index in [9.17, 15) is 4.39 Å². The number of hydrogen-bond acceptors (Lipinski definition) is 2. The molecule has 2 aromatic rings. The average Bonchev–Trinajstić information content (AvgIpc) is 2.32. The van der Waals surface area contributed by atoms with E-state index in [0.717, 1.165) is 5.56 Å². The summed E-state index contributed by atoms with van der Waals surface area (Å²) in [6, 6.07) is 10.1. The number of nitrogens with two attached hydrogens (primary N) is 1. The van der Waals surface area contributed by atoms with Gasteiger partial charge in [-0.15, -0.1) is 0 Å². The molecule has 0 aliphatic carbocycles. The van der Waals surface area contributed by atoms with Gasteiger partial charge in [0.05, 0.1) is 16.4 Å². The molecule has 0 aromatic heterocycles. The first-order valence-corrected chi connectivity index (χ1v) is 6.04. The highest BCUT2D eigenvalue weighted by molar-refractivity contribution is 6.31. The highest BCUT2D eigenvalue weighted by Gasteiger charge is 2.06. The van der Waals surface area contributed by atoms with Crippen LogP contribution in [0.2, 0.25) is 10.0 Å². The summed E-state index contributed by atoms with van der Waals surface area (Å²) in [5.41, 5.74) is 7.65. The number of hydrogen-bond donors (Lipinski definition) is 2. The van der Waals surface area contributed by atoms with Gasteiger partial charge in [-0.25, -0.2) is 4.39 Å². The first-order valence-electron chi connectivity index (χ1n) is 5.29. The van der Waals surface area contributed by atoms with Crippen LogP contribution in [0.1, 0.15) is 5.56 Å². The highest BCUT2D eigenvalue weighted by Crippen LogP contribution is 2.26. The minimum atomic E-state index is -0.500. The SMILES string of the molecule is Nc1cc(Cl)c(F)cc1NCc1cccc(Cl)c1.